The minimum absolute atomic E-state index is 0.113. The molecule has 0 aromatic rings. The van der Waals surface area contributed by atoms with E-state index in [0.29, 0.717) is 27.6 Å². The molecule has 8 atom stereocenters. The van der Waals surface area contributed by atoms with Crippen molar-refractivity contribution in [2.45, 2.75) is 132 Å². The molecule has 2 heteroatoms. The minimum Gasteiger partial charge on any atom is -0.392 e. The van der Waals surface area contributed by atoms with Gasteiger partial charge in [-0.1, -0.05) is 72.3 Å². The van der Waals surface area contributed by atoms with Crippen LogP contribution in [0.25, 0.3) is 0 Å². The van der Waals surface area contributed by atoms with Crippen molar-refractivity contribution in [1.82, 2.24) is 0 Å². The highest BCUT2D eigenvalue weighted by atomic mass is 16.3. The zero-order chi connectivity index (χ0) is 24.7. The van der Waals surface area contributed by atoms with Crippen molar-refractivity contribution in [1.29, 1.82) is 0 Å². The summed E-state index contributed by atoms with van der Waals surface area (Å²) in [6, 6.07) is 0. The monoisotopic (exact) mass is 456 g/mol. The first kappa shape index (κ1) is 25.5. The van der Waals surface area contributed by atoms with Crippen LogP contribution in [0.15, 0.2) is 23.8 Å². The number of aliphatic hydroxyl groups excluding tert-OH is 2. The Morgan fingerprint density at radius 1 is 1.00 bits per heavy atom. The summed E-state index contributed by atoms with van der Waals surface area (Å²) >= 11 is 0. The van der Waals surface area contributed by atoms with E-state index in [4.69, 9.17) is 0 Å². The quantitative estimate of drug-likeness (QED) is 0.423. The molecule has 0 aliphatic heterocycles. The molecule has 4 aliphatic rings. The van der Waals surface area contributed by atoms with Crippen LogP contribution in [-0.2, 0) is 0 Å². The molecule has 0 unspecified atom stereocenters. The number of rotatable bonds is 4. The lowest BCUT2D eigenvalue weighted by molar-refractivity contribution is -0.204. The standard InChI is InChI=1S/C31H52O2/c1-21(2)22(32)12-14-27(5)16-18-29(7)24-11-10-23-26(3,4)25(33)13-15-30(23,8)31(24,9)19-17-28(29,6)20-27/h10,22,24-25,32-33H,1,11-20H2,2-9H3/t22-,24+,25-,27+,28-,29+,30+,31+/m0/s1. The summed E-state index contributed by atoms with van der Waals surface area (Å²) in [5.41, 5.74) is 3.84. The Morgan fingerprint density at radius 2 is 1.64 bits per heavy atom. The summed E-state index contributed by atoms with van der Waals surface area (Å²) in [6.07, 6.45) is 13.6. The summed E-state index contributed by atoms with van der Waals surface area (Å²) < 4.78 is 0. The molecule has 0 aromatic carbocycles. The molecule has 33 heavy (non-hydrogen) atoms. The van der Waals surface area contributed by atoms with Crippen molar-refractivity contribution >= 4 is 0 Å². The molecular weight excluding hydrogens is 404 g/mol. The van der Waals surface area contributed by atoms with Crippen molar-refractivity contribution in [3.05, 3.63) is 23.8 Å². The zero-order valence-electron chi connectivity index (χ0n) is 23.0. The van der Waals surface area contributed by atoms with Crippen LogP contribution in [0.1, 0.15) is 120 Å². The average Bonchev–Trinajstić information content (AvgIpc) is 2.72. The van der Waals surface area contributed by atoms with Gasteiger partial charge >= 0.3 is 0 Å². The normalized spacial score (nSPS) is 49.8. The van der Waals surface area contributed by atoms with Gasteiger partial charge in [-0.2, -0.15) is 0 Å². The lowest BCUT2D eigenvalue weighted by Gasteiger charge is -2.72. The number of allylic oxidation sites excluding steroid dienone is 1. The molecule has 2 nitrogen and oxygen atoms in total. The van der Waals surface area contributed by atoms with E-state index in [0.717, 1.165) is 31.3 Å². The molecule has 3 saturated carbocycles. The van der Waals surface area contributed by atoms with Crippen molar-refractivity contribution in [3.63, 3.8) is 0 Å². The molecule has 4 aliphatic carbocycles. The molecule has 0 radical (unpaired) electrons. The van der Waals surface area contributed by atoms with Gasteiger partial charge in [-0.25, -0.2) is 0 Å². The Labute approximate surface area is 204 Å². The van der Waals surface area contributed by atoms with Crippen LogP contribution in [-0.4, -0.2) is 22.4 Å². The second kappa shape index (κ2) is 7.70. The number of hydrogen-bond donors (Lipinski definition) is 2. The van der Waals surface area contributed by atoms with Crippen molar-refractivity contribution in [3.8, 4) is 0 Å². The third-order valence-corrected chi connectivity index (χ3v) is 12.6. The highest BCUT2D eigenvalue weighted by Gasteiger charge is 2.68. The number of fused-ring (bicyclic) bond motifs is 5. The molecule has 0 amide bonds. The summed E-state index contributed by atoms with van der Waals surface area (Å²) in [6.45, 7) is 23.4. The molecule has 3 fully saturated rings. The second-order valence-electron chi connectivity index (χ2n) is 14.8. The van der Waals surface area contributed by atoms with Gasteiger partial charge in [0.25, 0.3) is 0 Å². The summed E-state index contributed by atoms with van der Waals surface area (Å²) in [5, 5.41) is 21.2. The van der Waals surface area contributed by atoms with Crippen LogP contribution in [0.3, 0.4) is 0 Å². The van der Waals surface area contributed by atoms with Crippen molar-refractivity contribution < 1.29 is 10.2 Å². The molecule has 0 bridgehead atoms. The third-order valence-electron chi connectivity index (χ3n) is 12.6. The van der Waals surface area contributed by atoms with E-state index >= 15 is 0 Å². The first-order valence-corrected chi connectivity index (χ1v) is 13.8. The van der Waals surface area contributed by atoms with Gasteiger partial charge < -0.3 is 10.2 Å². The largest absolute Gasteiger partial charge is 0.392 e. The van der Waals surface area contributed by atoms with E-state index in [1.165, 1.54) is 38.5 Å². The predicted molar refractivity (Wildman–Crippen MR) is 139 cm³/mol. The van der Waals surface area contributed by atoms with E-state index < -0.39 is 0 Å². The van der Waals surface area contributed by atoms with Crippen LogP contribution in [0, 0.1) is 38.4 Å². The lowest BCUT2D eigenvalue weighted by atomic mass is 9.32. The van der Waals surface area contributed by atoms with Crippen molar-refractivity contribution in [2.24, 2.45) is 38.4 Å². The first-order valence-electron chi connectivity index (χ1n) is 13.8. The number of hydrogen-bond acceptors (Lipinski definition) is 2. The van der Waals surface area contributed by atoms with Crippen LogP contribution in [0.2, 0.25) is 0 Å². The second-order valence-corrected chi connectivity index (χ2v) is 14.8. The molecule has 4 rings (SSSR count). The molecule has 0 saturated heterocycles. The molecule has 0 heterocycles. The fourth-order valence-corrected chi connectivity index (χ4v) is 9.73. The van der Waals surface area contributed by atoms with Gasteiger partial charge in [0.15, 0.2) is 0 Å². The maximum absolute atomic E-state index is 10.9. The van der Waals surface area contributed by atoms with E-state index in [-0.39, 0.29) is 23.0 Å². The summed E-state index contributed by atoms with van der Waals surface area (Å²) in [7, 11) is 0. The van der Waals surface area contributed by atoms with Crippen molar-refractivity contribution in [2.75, 3.05) is 0 Å². The molecule has 0 spiro atoms. The van der Waals surface area contributed by atoms with Gasteiger partial charge in [-0.3, -0.25) is 0 Å². The van der Waals surface area contributed by atoms with E-state index in [1.807, 2.05) is 6.92 Å². The van der Waals surface area contributed by atoms with Gasteiger partial charge in [-0.15, -0.1) is 0 Å². The predicted octanol–water partition coefficient (Wildman–Crippen LogP) is 7.84. The highest BCUT2D eigenvalue weighted by Crippen LogP contribution is 2.76. The van der Waals surface area contributed by atoms with Crippen LogP contribution in [0.4, 0.5) is 0 Å². The Morgan fingerprint density at radius 3 is 2.27 bits per heavy atom. The Hall–Kier alpha value is -0.600. The van der Waals surface area contributed by atoms with Gasteiger partial charge in [0.05, 0.1) is 12.2 Å². The fourth-order valence-electron chi connectivity index (χ4n) is 9.73. The SMILES string of the molecule is C=C(C)[C@@H](O)CC[C@]1(C)CC[C@]2(C)[C@H]3CC=C4C(C)(C)[C@@H](O)CC[C@@]4(C)[C@]3(C)CC[C@@]2(C)C1. The first-order chi connectivity index (χ1) is 15.0. The maximum Gasteiger partial charge on any atom is 0.0745 e. The molecule has 188 valence electrons. The van der Waals surface area contributed by atoms with Gasteiger partial charge in [0.2, 0.25) is 0 Å². The van der Waals surface area contributed by atoms with Gasteiger partial charge in [0.1, 0.15) is 0 Å². The van der Waals surface area contributed by atoms with E-state index in [2.05, 4.69) is 61.1 Å². The summed E-state index contributed by atoms with van der Waals surface area (Å²) in [4.78, 5) is 0. The summed E-state index contributed by atoms with van der Waals surface area (Å²) in [5.74, 6) is 0.703. The fraction of sp³-hybridized carbons (Fsp3) is 0.871. The van der Waals surface area contributed by atoms with Crippen LogP contribution >= 0.6 is 0 Å². The van der Waals surface area contributed by atoms with Gasteiger partial charge in [0, 0.05) is 5.41 Å². The topological polar surface area (TPSA) is 40.5 Å². The van der Waals surface area contributed by atoms with E-state index in [9.17, 15) is 10.2 Å². The molecule has 0 aromatic heterocycles. The minimum atomic E-state index is -0.357. The third kappa shape index (κ3) is 3.47. The molecular formula is C31H52O2. The van der Waals surface area contributed by atoms with Crippen LogP contribution in [0.5, 0.6) is 0 Å². The Bertz CT molecular complexity index is 840. The smallest absolute Gasteiger partial charge is 0.0745 e. The maximum atomic E-state index is 10.9. The Kier molecular flexibility index (Phi) is 5.95. The number of aliphatic hydroxyl groups is 2. The van der Waals surface area contributed by atoms with E-state index in [1.54, 1.807) is 5.57 Å². The Balaban J connectivity index is 1.65. The van der Waals surface area contributed by atoms with Gasteiger partial charge in [-0.05, 0) is 104 Å². The molecule has 2 N–H and O–H groups in total. The highest BCUT2D eigenvalue weighted by molar-refractivity contribution is 5.34. The zero-order valence-corrected chi connectivity index (χ0v) is 23.0. The average molecular weight is 457 g/mol. The lowest BCUT2D eigenvalue weighted by Crippen LogP contribution is -2.64. The van der Waals surface area contributed by atoms with Crippen LogP contribution < -0.4 is 0 Å².